The van der Waals surface area contributed by atoms with E-state index in [1.807, 2.05) is 6.07 Å². The summed E-state index contributed by atoms with van der Waals surface area (Å²) in [6.07, 6.45) is 1.24. The van der Waals surface area contributed by atoms with Gasteiger partial charge in [0, 0.05) is 6.04 Å². The molecule has 1 heterocycles. The van der Waals surface area contributed by atoms with E-state index in [2.05, 4.69) is 10.4 Å². The first-order valence-electron chi connectivity index (χ1n) is 6.45. The Kier molecular flexibility index (Phi) is 5.37. The van der Waals surface area contributed by atoms with Crippen LogP contribution in [0.15, 0.2) is 18.3 Å². The first-order chi connectivity index (χ1) is 10.8. The highest BCUT2D eigenvalue weighted by atomic mass is 35.5. The maximum atomic E-state index is 10.8. The molecule has 0 spiro atoms. The molecule has 0 aliphatic rings. The minimum absolute atomic E-state index is 0.120. The van der Waals surface area contributed by atoms with Gasteiger partial charge in [0.05, 0.1) is 33.4 Å². The number of benzene rings is 1. The van der Waals surface area contributed by atoms with Gasteiger partial charge in [-0.25, -0.2) is 4.68 Å². The Morgan fingerprint density at radius 2 is 2.13 bits per heavy atom. The van der Waals surface area contributed by atoms with Gasteiger partial charge in [0.15, 0.2) is 0 Å². The smallest absolute Gasteiger partial charge is 0.305 e. The Labute approximate surface area is 147 Å². The van der Waals surface area contributed by atoms with Crippen LogP contribution in [0.1, 0.15) is 18.9 Å². The van der Waals surface area contributed by atoms with Gasteiger partial charge in [0.2, 0.25) is 0 Å². The van der Waals surface area contributed by atoms with E-state index >= 15 is 0 Å². The van der Waals surface area contributed by atoms with Crippen molar-refractivity contribution in [1.82, 2.24) is 9.78 Å². The summed E-state index contributed by atoms with van der Waals surface area (Å²) in [6.45, 7) is 1.68. The summed E-state index contributed by atoms with van der Waals surface area (Å²) >= 11 is 18.1. The molecule has 6 nitrogen and oxygen atoms in total. The van der Waals surface area contributed by atoms with Gasteiger partial charge in [-0.1, -0.05) is 34.8 Å². The first-order valence-corrected chi connectivity index (χ1v) is 7.58. The fourth-order valence-electron chi connectivity index (χ4n) is 1.98. The summed E-state index contributed by atoms with van der Waals surface area (Å²) in [7, 11) is 0. The van der Waals surface area contributed by atoms with Crippen LogP contribution < -0.4 is 5.32 Å². The number of carboxylic acid groups (broad SMARTS) is 1. The lowest BCUT2D eigenvalue weighted by Gasteiger charge is -2.16. The molecule has 1 aromatic heterocycles. The van der Waals surface area contributed by atoms with Crippen molar-refractivity contribution in [2.24, 2.45) is 0 Å². The van der Waals surface area contributed by atoms with Gasteiger partial charge < -0.3 is 10.4 Å². The van der Waals surface area contributed by atoms with Crippen molar-refractivity contribution in [3.05, 3.63) is 39.0 Å². The minimum atomic E-state index is -0.956. The molecule has 120 valence electrons. The normalized spacial score (nSPS) is 11.8. The topological polar surface area (TPSA) is 90.9 Å². The second-order valence-electron chi connectivity index (χ2n) is 4.77. The number of carbonyl (C=O) groups is 1. The maximum Gasteiger partial charge on any atom is 0.305 e. The lowest BCUT2D eigenvalue weighted by molar-refractivity contribution is -0.137. The van der Waals surface area contributed by atoms with Crippen molar-refractivity contribution in [2.45, 2.75) is 19.4 Å². The zero-order valence-electron chi connectivity index (χ0n) is 11.8. The highest BCUT2D eigenvalue weighted by Crippen LogP contribution is 2.36. The number of halogens is 3. The number of nitriles is 1. The van der Waals surface area contributed by atoms with Crippen molar-refractivity contribution < 1.29 is 9.90 Å². The van der Waals surface area contributed by atoms with Crippen LogP contribution in [-0.4, -0.2) is 26.9 Å². The third kappa shape index (κ3) is 3.70. The highest BCUT2D eigenvalue weighted by molar-refractivity contribution is 6.48. The molecule has 0 fully saturated rings. The van der Waals surface area contributed by atoms with Crippen LogP contribution in [0.2, 0.25) is 15.1 Å². The Morgan fingerprint density at radius 1 is 1.43 bits per heavy atom. The second-order valence-corrected chi connectivity index (χ2v) is 5.93. The molecular weight excluding hydrogens is 363 g/mol. The molecular formula is C14H11Cl3N4O2. The summed E-state index contributed by atoms with van der Waals surface area (Å²) in [4.78, 5) is 10.8. The number of aliphatic carboxylic acids is 1. The number of anilines is 1. The standard InChI is InChI=1S/C14H11Cl3N4O2/c1-7(4-11(22)23)20-14-8(5-18)6-19-21(14)10-3-2-9(15)12(16)13(10)17/h2-3,6-7,20H,4H2,1H3,(H,22,23). The number of nitrogens with zero attached hydrogens (tertiary/aromatic N) is 3. The van der Waals surface area contributed by atoms with Crippen LogP contribution >= 0.6 is 34.8 Å². The highest BCUT2D eigenvalue weighted by Gasteiger charge is 2.19. The van der Waals surface area contributed by atoms with E-state index in [9.17, 15) is 10.1 Å². The molecule has 0 saturated carbocycles. The third-order valence-corrected chi connectivity index (χ3v) is 4.28. The average Bonchev–Trinajstić information content (AvgIpc) is 2.86. The zero-order chi connectivity index (χ0) is 17.1. The monoisotopic (exact) mass is 372 g/mol. The van der Waals surface area contributed by atoms with Crippen molar-refractivity contribution in [1.29, 1.82) is 5.26 Å². The number of rotatable bonds is 5. The first kappa shape index (κ1) is 17.4. The average molecular weight is 374 g/mol. The van der Waals surface area contributed by atoms with Gasteiger partial charge in [-0.3, -0.25) is 4.79 Å². The van der Waals surface area contributed by atoms with E-state index in [1.54, 1.807) is 19.1 Å². The summed E-state index contributed by atoms with van der Waals surface area (Å²) in [5, 5.41) is 25.8. The molecule has 1 atom stereocenters. The Bertz CT molecular complexity index is 798. The number of hydrogen-bond acceptors (Lipinski definition) is 4. The van der Waals surface area contributed by atoms with Crippen LogP contribution in [-0.2, 0) is 4.79 Å². The summed E-state index contributed by atoms with van der Waals surface area (Å²) in [5.74, 6) is -0.622. The molecule has 2 rings (SSSR count). The Morgan fingerprint density at radius 3 is 2.74 bits per heavy atom. The van der Waals surface area contributed by atoms with Gasteiger partial charge in [-0.2, -0.15) is 10.4 Å². The molecule has 9 heteroatoms. The van der Waals surface area contributed by atoms with Crippen molar-refractivity contribution in [3.63, 3.8) is 0 Å². The predicted octanol–water partition coefficient (Wildman–Crippen LogP) is 3.98. The summed E-state index contributed by atoms with van der Waals surface area (Å²) in [6, 6.07) is 4.74. The van der Waals surface area contributed by atoms with Crippen molar-refractivity contribution in [3.8, 4) is 11.8 Å². The second kappa shape index (κ2) is 7.09. The maximum absolute atomic E-state index is 10.8. The molecule has 0 aliphatic carbocycles. The van der Waals surface area contributed by atoms with E-state index in [0.717, 1.165) is 0 Å². The van der Waals surface area contributed by atoms with Gasteiger partial charge in [0.1, 0.15) is 17.5 Å². The van der Waals surface area contributed by atoms with Crippen LogP contribution in [0.4, 0.5) is 5.82 Å². The number of carboxylic acids is 1. The molecule has 0 amide bonds. The minimum Gasteiger partial charge on any atom is -0.481 e. The van der Waals surface area contributed by atoms with Crippen LogP contribution in [0.3, 0.4) is 0 Å². The van der Waals surface area contributed by atoms with E-state index in [4.69, 9.17) is 39.9 Å². The number of aromatic nitrogens is 2. The molecule has 1 unspecified atom stereocenters. The largest absolute Gasteiger partial charge is 0.481 e. The quantitative estimate of drug-likeness (QED) is 0.774. The van der Waals surface area contributed by atoms with Gasteiger partial charge in [-0.15, -0.1) is 0 Å². The molecule has 2 aromatic rings. The zero-order valence-corrected chi connectivity index (χ0v) is 14.1. The summed E-state index contributed by atoms with van der Waals surface area (Å²) < 4.78 is 1.39. The molecule has 23 heavy (non-hydrogen) atoms. The van der Waals surface area contributed by atoms with Crippen LogP contribution in [0, 0.1) is 11.3 Å². The van der Waals surface area contributed by atoms with E-state index in [0.29, 0.717) is 16.5 Å². The molecule has 0 radical (unpaired) electrons. The molecule has 0 bridgehead atoms. The fraction of sp³-hybridized carbons (Fsp3) is 0.214. The fourth-order valence-corrected chi connectivity index (χ4v) is 2.59. The SMILES string of the molecule is CC(CC(=O)O)Nc1c(C#N)cnn1-c1ccc(Cl)c(Cl)c1Cl. The summed E-state index contributed by atoms with van der Waals surface area (Å²) in [5.41, 5.74) is 0.678. The van der Waals surface area contributed by atoms with E-state index in [-0.39, 0.29) is 22.0 Å². The van der Waals surface area contributed by atoms with Gasteiger partial charge in [0.25, 0.3) is 0 Å². The van der Waals surface area contributed by atoms with Gasteiger partial charge >= 0.3 is 5.97 Å². The van der Waals surface area contributed by atoms with Crippen molar-refractivity contribution in [2.75, 3.05) is 5.32 Å². The predicted molar refractivity (Wildman–Crippen MR) is 88.6 cm³/mol. The molecule has 2 N–H and O–H groups in total. The molecule has 1 aromatic carbocycles. The van der Waals surface area contributed by atoms with E-state index in [1.165, 1.54) is 10.9 Å². The Hall–Kier alpha value is -1.94. The molecule has 0 saturated heterocycles. The lowest BCUT2D eigenvalue weighted by atomic mass is 10.2. The van der Waals surface area contributed by atoms with E-state index < -0.39 is 12.0 Å². The van der Waals surface area contributed by atoms with Crippen LogP contribution in [0.5, 0.6) is 0 Å². The number of hydrogen-bond donors (Lipinski definition) is 2. The van der Waals surface area contributed by atoms with Crippen LogP contribution in [0.25, 0.3) is 5.69 Å². The third-order valence-electron chi connectivity index (χ3n) is 3.00. The van der Waals surface area contributed by atoms with Crippen molar-refractivity contribution >= 4 is 46.6 Å². The Balaban J connectivity index is 2.49. The lowest BCUT2D eigenvalue weighted by Crippen LogP contribution is -2.21. The van der Waals surface area contributed by atoms with Gasteiger partial charge in [-0.05, 0) is 19.1 Å². The molecule has 0 aliphatic heterocycles. The number of nitrogens with one attached hydrogen (secondary N) is 1.